The highest BCUT2D eigenvalue weighted by Crippen LogP contribution is 2.29. The Hall–Kier alpha value is -0.940. The number of carbonyl (C=O) groups excluding carboxylic acids is 1. The fourth-order valence-corrected chi connectivity index (χ4v) is 4.18. The van der Waals surface area contributed by atoms with Gasteiger partial charge in [-0.05, 0) is 39.3 Å². The van der Waals surface area contributed by atoms with Crippen LogP contribution in [0.5, 0.6) is 0 Å². The van der Waals surface area contributed by atoms with E-state index in [2.05, 4.69) is 21.8 Å². The molecule has 2 saturated heterocycles. The number of rotatable bonds is 2. The van der Waals surface area contributed by atoms with Crippen molar-refractivity contribution in [1.29, 1.82) is 0 Å². The summed E-state index contributed by atoms with van der Waals surface area (Å²) in [6.45, 7) is 2.84. The molecule has 0 bridgehead atoms. The molecule has 3 heterocycles. The van der Waals surface area contributed by atoms with Crippen molar-refractivity contribution in [3.8, 4) is 0 Å². The Morgan fingerprint density at radius 3 is 2.95 bits per heavy atom. The van der Waals surface area contributed by atoms with Gasteiger partial charge in [0, 0.05) is 30.6 Å². The van der Waals surface area contributed by atoms with Gasteiger partial charge in [-0.3, -0.25) is 9.69 Å². The predicted octanol–water partition coefficient (Wildman–Crippen LogP) is 2.33. The van der Waals surface area contributed by atoms with Crippen LogP contribution in [0.1, 0.15) is 43.0 Å². The topological polar surface area (TPSA) is 36.4 Å². The van der Waals surface area contributed by atoms with E-state index in [1.165, 1.54) is 17.8 Å². The maximum absolute atomic E-state index is 12.7. The van der Waals surface area contributed by atoms with E-state index >= 15 is 0 Å². The average Bonchev–Trinajstić information content (AvgIpc) is 3.01. The second-order valence-electron chi connectivity index (χ2n) is 5.99. The number of likely N-dealkylation sites (N-methyl/N-ethyl adjacent to an activating group) is 1. The molecule has 2 fully saturated rings. The van der Waals surface area contributed by atoms with E-state index in [9.17, 15) is 4.79 Å². The van der Waals surface area contributed by atoms with E-state index in [4.69, 9.17) is 0 Å². The second-order valence-corrected chi connectivity index (χ2v) is 6.91. The fraction of sp³-hybridized carbons (Fsp3) is 0.733. The van der Waals surface area contributed by atoms with Gasteiger partial charge in [0.15, 0.2) is 0 Å². The van der Waals surface area contributed by atoms with Crippen LogP contribution in [-0.4, -0.2) is 53.4 Å². The quantitative estimate of drug-likeness (QED) is 0.840. The van der Waals surface area contributed by atoms with E-state index < -0.39 is 0 Å². The van der Waals surface area contributed by atoms with Crippen molar-refractivity contribution >= 4 is 17.2 Å². The van der Waals surface area contributed by atoms with Gasteiger partial charge >= 0.3 is 0 Å². The van der Waals surface area contributed by atoms with Crippen LogP contribution in [0, 0.1) is 0 Å². The SMILES string of the molecule is CN1CCCC[C@@H]1C(=O)N1CCC[C@H](c2nccs2)C1. The maximum atomic E-state index is 12.7. The lowest BCUT2D eigenvalue weighted by molar-refractivity contribution is -0.138. The van der Waals surface area contributed by atoms with Gasteiger partial charge in [-0.25, -0.2) is 4.98 Å². The van der Waals surface area contributed by atoms with Crippen molar-refractivity contribution < 1.29 is 4.79 Å². The number of carbonyl (C=O) groups is 1. The lowest BCUT2D eigenvalue weighted by Crippen LogP contribution is -2.51. The number of hydrogen-bond donors (Lipinski definition) is 0. The molecule has 110 valence electrons. The Kier molecular flexibility index (Phi) is 4.36. The van der Waals surface area contributed by atoms with Gasteiger partial charge in [0.1, 0.15) is 0 Å². The van der Waals surface area contributed by atoms with Gasteiger partial charge in [-0.2, -0.15) is 0 Å². The van der Waals surface area contributed by atoms with Crippen LogP contribution in [0.15, 0.2) is 11.6 Å². The van der Waals surface area contributed by atoms with Crippen molar-refractivity contribution in [1.82, 2.24) is 14.8 Å². The standard InChI is InChI=1S/C15H23N3OS/c1-17-8-3-2-6-13(17)15(19)18-9-4-5-12(11-18)14-16-7-10-20-14/h7,10,12-13H,2-6,8-9,11H2,1H3/t12-,13+/m0/s1. The van der Waals surface area contributed by atoms with E-state index in [-0.39, 0.29) is 6.04 Å². The summed E-state index contributed by atoms with van der Waals surface area (Å²) in [5, 5.41) is 3.23. The molecule has 0 unspecified atom stereocenters. The molecule has 0 spiro atoms. The summed E-state index contributed by atoms with van der Waals surface area (Å²) in [7, 11) is 2.09. The minimum atomic E-state index is 0.110. The monoisotopic (exact) mass is 293 g/mol. The Balaban J connectivity index is 1.65. The first-order chi connectivity index (χ1) is 9.75. The highest BCUT2D eigenvalue weighted by molar-refractivity contribution is 7.09. The zero-order valence-electron chi connectivity index (χ0n) is 12.1. The van der Waals surface area contributed by atoms with Crippen LogP contribution >= 0.6 is 11.3 Å². The molecule has 2 atom stereocenters. The minimum absolute atomic E-state index is 0.110. The molecule has 1 aromatic rings. The third-order valence-electron chi connectivity index (χ3n) is 4.59. The number of amides is 1. The summed E-state index contributed by atoms with van der Waals surface area (Å²) in [6.07, 6.45) is 7.57. The van der Waals surface area contributed by atoms with Crippen LogP contribution in [-0.2, 0) is 4.79 Å². The Morgan fingerprint density at radius 2 is 2.20 bits per heavy atom. The number of likely N-dealkylation sites (tertiary alicyclic amines) is 2. The number of nitrogens with zero attached hydrogens (tertiary/aromatic N) is 3. The number of aromatic nitrogens is 1. The summed E-state index contributed by atoms with van der Waals surface area (Å²) >= 11 is 1.72. The maximum Gasteiger partial charge on any atom is 0.239 e. The highest BCUT2D eigenvalue weighted by atomic mass is 32.1. The van der Waals surface area contributed by atoms with Gasteiger partial charge in [-0.15, -0.1) is 11.3 Å². The molecular weight excluding hydrogens is 270 g/mol. The van der Waals surface area contributed by atoms with Crippen LogP contribution in [0.2, 0.25) is 0 Å². The number of hydrogen-bond acceptors (Lipinski definition) is 4. The molecule has 2 aliphatic heterocycles. The third kappa shape index (κ3) is 2.88. The molecule has 2 aliphatic rings. The molecule has 0 aliphatic carbocycles. The Labute approximate surface area is 124 Å². The molecule has 0 radical (unpaired) electrons. The molecule has 1 aromatic heterocycles. The summed E-state index contributed by atoms with van der Waals surface area (Å²) in [5.74, 6) is 0.787. The second kappa shape index (κ2) is 6.22. The Morgan fingerprint density at radius 1 is 1.30 bits per heavy atom. The van der Waals surface area contributed by atoms with E-state index in [0.29, 0.717) is 11.8 Å². The van der Waals surface area contributed by atoms with Gasteiger partial charge < -0.3 is 4.90 Å². The van der Waals surface area contributed by atoms with Crippen LogP contribution in [0.3, 0.4) is 0 Å². The first-order valence-corrected chi connectivity index (χ1v) is 8.52. The van der Waals surface area contributed by atoms with E-state index in [1.807, 2.05) is 11.6 Å². The van der Waals surface area contributed by atoms with Crippen molar-refractivity contribution in [3.63, 3.8) is 0 Å². The molecule has 0 N–H and O–H groups in total. The molecule has 0 aromatic carbocycles. The summed E-state index contributed by atoms with van der Waals surface area (Å²) in [5.41, 5.74) is 0. The molecule has 0 saturated carbocycles. The van der Waals surface area contributed by atoms with Crippen LogP contribution in [0.25, 0.3) is 0 Å². The molecule has 20 heavy (non-hydrogen) atoms. The van der Waals surface area contributed by atoms with Gasteiger partial charge in [0.2, 0.25) is 5.91 Å². The van der Waals surface area contributed by atoms with E-state index in [1.54, 1.807) is 11.3 Å². The Bertz CT molecular complexity index is 448. The molecular formula is C15H23N3OS. The smallest absolute Gasteiger partial charge is 0.239 e. The van der Waals surface area contributed by atoms with Crippen LogP contribution < -0.4 is 0 Å². The van der Waals surface area contributed by atoms with Gasteiger partial charge in [0.25, 0.3) is 0 Å². The molecule has 3 rings (SSSR count). The molecule has 1 amide bonds. The zero-order valence-corrected chi connectivity index (χ0v) is 12.9. The normalized spacial score (nSPS) is 28.6. The summed E-state index contributed by atoms with van der Waals surface area (Å²) < 4.78 is 0. The van der Waals surface area contributed by atoms with Gasteiger partial charge in [-0.1, -0.05) is 6.42 Å². The molecule has 4 nitrogen and oxygen atoms in total. The lowest BCUT2D eigenvalue weighted by atomic mass is 9.96. The predicted molar refractivity (Wildman–Crippen MR) is 80.9 cm³/mol. The largest absolute Gasteiger partial charge is 0.341 e. The minimum Gasteiger partial charge on any atom is -0.341 e. The fourth-order valence-electron chi connectivity index (χ4n) is 3.41. The summed E-state index contributed by atoms with van der Waals surface area (Å²) in [4.78, 5) is 21.5. The number of piperidine rings is 2. The first kappa shape index (κ1) is 14.0. The average molecular weight is 293 g/mol. The lowest BCUT2D eigenvalue weighted by Gasteiger charge is -2.38. The van der Waals surface area contributed by atoms with Crippen molar-refractivity contribution in [2.24, 2.45) is 0 Å². The number of thiazole rings is 1. The van der Waals surface area contributed by atoms with Crippen molar-refractivity contribution in [2.45, 2.75) is 44.1 Å². The highest BCUT2D eigenvalue weighted by Gasteiger charge is 2.33. The van der Waals surface area contributed by atoms with E-state index in [0.717, 1.165) is 38.9 Å². The summed E-state index contributed by atoms with van der Waals surface area (Å²) in [6, 6.07) is 0.110. The van der Waals surface area contributed by atoms with Crippen molar-refractivity contribution in [3.05, 3.63) is 16.6 Å². The molecule has 5 heteroatoms. The third-order valence-corrected chi connectivity index (χ3v) is 5.53. The zero-order chi connectivity index (χ0) is 13.9. The van der Waals surface area contributed by atoms with Gasteiger partial charge in [0.05, 0.1) is 11.0 Å². The van der Waals surface area contributed by atoms with Crippen LogP contribution in [0.4, 0.5) is 0 Å². The van der Waals surface area contributed by atoms with Crippen molar-refractivity contribution in [2.75, 3.05) is 26.7 Å². The first-order valence-electron chi connectivity index (χ1n) is 7.64.